The molecule has 4 aliphatic rings. The molecule has 0 aromatic heterocycles. The Morgan fingerprint density at radius 3 is 2.79 bits per heavy atom. The highest BCUT2D eigenvalue weighted by atomic mass is 19.4. The quantitative estimate of drug-likeness (QED) is 0.759. The van der Waals surface area contributed by atoms with Crippen LogP contribution in [-0.4, -0.2) is 52.9 Å². The molecule has 5 rings (SSSR count). The number of aliphatic hydroxyl groups is 2. The molecule has 2 N–H and O–H groups in total. The van der Waals surface area contributed by atoms with E-state index in [-0.39, 0.29) is 18.7 Å². The van der Waals surface area contributed by atoms with Crippen molar-refractivity contribution in [3.05, 3.63) is 29.3 Å². The zero-order valence-electron chi connectivity index (χ0n) is 15.0. The molecule has 4 saturated heterocycles. The lowest BCUT2D eigenvalue weighted by Gasteiger charge is -2.42. The fourth-order valence-corrected chi connectivity index (χ4v) is 5.67. The van der Waals surface area contributed by atoms with Crippen molar-refractivity contribution in [1.29, 1.82) is 5.26 Å². The molecular formula is C19H17F3N2O5. The largest absolute Gasteiger partial charge is 0.417 e. The smallest absolute Gasteiger partial charge is 0.393 e. The third kappa shape index (κ3) is 2.19. The molecule has 0 unspecified atom stereocenters. The third-order valence-electron chi connectivity index (χ3n) is 6.82. The minimum atomic E-state index is -4.76. The maximum Gasteiger partial charge on any atom is 0.417 e. The van der Waals surface area contributed by atoms with E-state index in [0.717, 1.165) is 17.0 Å². The molecule has 0 aliphatic carbocycles. The van der Waals surface area contributed by atoms with Crippen LogP contribution in [0.3, 0.4) is 0 Å². The third-order valence-corrected chi connectivity index (χ3v) is 6.82. The molecule has 1 aromatic rings. The van der Waals surface area contributed by atoms with Gasteiger partial charge in [0.25, 0.3) is 0 Å². The average molecular weight is 410 g/mol. The second-order valence-electron chi connectivity index (χ2n) is 8.06. The first-order chi connectivity index (χ1) is 13.7. The number of hydrogen-bond donors (Lipinski definition) is 2. The summed E-state index contributed by atoms with van der Waals surface area (Å²) < 4.78 is 52.1. The van der Waals surface area contributed by atoms with Crippen LogP contribution in [0.1, 0.15) is 24.0 Å². The van der Waals surface area contributed by atoms with E-state index in [1.165, 1.54) is 12.1 Å². The number of nitrogens with zero attached hydrogens (tertiary/aromatic N) is 2. The Labute approximate surface area is 163 Å². The number of alkyl halides is 3. The van der Waals surface area contributed by atoms with Gasteiger partial charge in [-0.05, 0) is 18.2 Å². The topological polar surface area (TPSA) is 103 Å². The Morgan fingerprint density at radius 1 is 1.38 bits per heavy atom. The monoisotopic (exact) mass is 410 g/mol. The number of rotatable bonds is 2. The van der Waals surface area contributed by atoms with Gasteiger partial charge in [0.2, 0.25) is 5.91 Å². The van der Waals surface area contributed by atoms with E-state index >= 15 is 0 Å². The number of halogens is 3. The van der Waals surface area contributed by atoms with Crippen molar-refractivity contribution < 1.29 is 37.7 Å². The Balaban J connectivity index is 1.63. The van der Waals surface area contributed by atoms with Crippen molar-refractivity contribution >= 4 is 11.6 Å². The summed E-state index contributed by atoms with van der Waals surface area (Å²) in [6.07, 6.45) is -6.03. The fraction of sp³-hybridized carbons (Fsp3) is 0.579. The molecular weight excluding hydrogens is 393 g/mol. The van der Waals surface area contributed by atoms with E-state index in [4.69, 9.17) is 14.7 Å². The van der Waals surface area contributed by atoms with Crippen LogP contribution >= 0.6 is 0 Å². The summed E-state index contributed by atoms with van der Waals surface area (Å²) in [6.45, 7) is -0.376. The Kier molecular flexibility index (Phi) is 3.70. The van der Waals surface area contributed by atoms with Gasteiger partial charge in [-0.25, -0.2) is 0 Å². The van der Waals surface area contributed by atoms with E-state index in [1.807, 2.05) is 0 Å². The molecule has 0 radical (unpaired) electrons. The molecule has 1 amide bonds. The number of fused-ring (bicyclic) bond motifs is 2. The van der Waals surface area contributed by atoms with E-state index in [1.54, 1.807) is 0 Å². The Hall–Kier alpha value is -2.19. The minimum absolute atomic E-state index is 0.0419. The summed E-state index contributed by atoms with van der Waals surface area (Å²) in [4.78, 5) is 14.5. The number of hydrogen-bond acceptors (Lipinski definition) is 6. The molecule has 154 valence electrons. The van der Waals surface area contributed by atoms with Gasteiger partial charge in [0, 0.05) is 24.4 Å². The van der Waals surface area contributed by atoms with Gasteiger partial charge in [-0.1, -0.05) is 0 Å². The van der Waals surface area contributed by atoms with E-state index in [0.29, 0.717) is 6.42 Å². The van der Waals surface area contributed by atoms with Crippen molar-refractivity contribution in [2.45, 2.75) is 42.6 Å². The molecule has 4 aliphatic heterocycles. The first-order valence-electron chi connectivity index (χ1n) is 9.24. The number of amides is 1. The highest BCUT2D eigenvalue weighted by molar-refractivity contribution is 6.00. The average Bonchev–Trinajstić information content (AvgIpc) is 3.26. The molecule has 4 fully saturated rings. The van der Waals surface area contributed by atoms with Crippen LogP contribution in [-0.2, 0) is 20.4 Å². The predicted molar refractivity (Wildman–Crippen MR) is 89.2 cm³/mol. The molecule has 2 bridgehead atoms. The molecule has 1 spiro atoms. The van der Waals surface area contributed by atoms with Gasteiger partial charge in [0.15, 0.2) is 0 Å². The maximum absolute atomic E-state index is 13.4. The molecule has 7 nitrogen and oxygen atoms in total. The van der Waals surface area contributed by atoms with Crippen LogP contribution in [0.2, 0.25) is 0 Å². The predicted octanol–water partition coefficient (Wildman–Crippen LogP) is 1.17. The van der Waals surface area contributed by atoms with Crippen molar-refractivity contribution in [2.24, 2.45) is 11.8 Å². The number of anilines is 1. The highest BCUT2D eigenvalue weighted by Gasteiger charge is 2.79. The zero-order chi connectivity index (χ0) is 20.8. The summed E-state index contributed by atoms with van der Waals surface area (Å²) in [7, 11) is 0. The van der Waals surface area contributed by atoms with Gasteiger partial charge in [-0.15, -0.1) is 0 Å². The number of ether oxygens (including phenoxy) is 2. The number of benzene rings is 1. The second kappa shape index (κ2) is 5.70. The van der Waals surface area contributed by atoms with Crippen molar-refractivity contribution in [2.75, 3.05) is 18.1 Å². The standard InChI is InChI=1S/C19H17F3N2O5/c20-19(21,22)11-5-10(2-1-9(11)7-23)24-15(27)13-14-16(24)28-4-3-17(14)6-12(26)18(13,8-25)29-17/h1-2,5,12-14,16,25-26H,3-4,6,8H2/t12-,13-,14+,16+,17+,18-/m1/s1. The van der Waals surface area contributed by atoms with E-state index < -0.39 is 65.2 Å². The Bertz CT molecular complexity index is 947. The van der Waals surface area contributed by atoms with Crippen LogP contribution in [0, 0.1) is 23.2 Å². The van der Waals surface area contributed by atoms with Gasteiger partial charge >= 0.3 is 6.18 Å². The molecule has 6 atom stereocenters. The molecule has 4 heterocycles. The van der Waals surface area contributed by atoms with Crippen molar-refractivity contribution in [1.82, 2.24) is 0 Å². The lowest BCUT2D eigenvalue weighted by molar-refractivity contribution is -0.155. The minimum Gasteiger partial charge on any atom is -0.393 e. The molecule has 10 heteroatoms. The highest BCUT2D eigenvalue weighted by Crippen LogP contribution is 2.65. The van der Waals surface area contributed by atoms with Gasteiger partial charge in [-0.3, -0.25) is 9.69 Å². The van der Waals surface area contributed by atoms with Crippen LogP contribution in [0.4, 0.5) is 18.9 Å². The van der Waals surface area contributed by atoms with Gasteiger partial charge in [-0.2, -0.15) is 18.4 Å². The Morgan fingerprint density at radius 2 is 2.14 bits per heavy atom. The number of aliphatic hydroxyl groups excluding tert-OH is 2. The summed E-state index contributed by atoms with van der Waals surface area (Å²) in [5.74, 6) is -2.00. The van der Waals surface area contributed by atoms with Crippen molar-refractivity contribution in [3.63, 3.8) is 0 Å². The summed E-state index contributed by atoms with van der Waals surface area (Å²) in [5.41, 5.74) is -4.06. The molecule has 1 aromatic carbocycles. The number of carbonyl (C=O) groups excluding carboxylic acids is 1. The first kappa shape index (κ1) is 18.8. The fourth-order valence-electron chi connectivity index (χ4n) is 5.67. The maximum atomic E-state index is 13.4. The van der Waals surface area contributed by atoms with Gasteiger partial charge in [0.1, 0.15) is 11.8 Å². The SMILES string of the molecule is N#Cc1ccc(N2C(=O)[C@H]3[C@H]4[C@@H]2OCC[C@]42C[C@@H](O)[C@@]3(CO)O2)cc1C(F)(F)F. The van der Waals surface area contributed by atoms with Crippen LogP contribution in [0.25, 0.3) is 0 Å². The normalized spacial score (nSPS) is 40.3. The van der Waals surface area contributed by atoms with Crippen LogP contribution in [0.15, 0.2) is 18.2 Å². The lowest BCUT2D eigenvalue weighted by atomic mass is 9.64. The van der Waals surface area contributed by atoms with Crippen molar-refractivity contribution in [3.8, 4) is 6.07 Å². The number of carbonyl (C=O) groups is 1. The molecule has 0 saturated carbocycles. The van der Waals surface area contributed by atoms with Gasteiger partial charge in [0.05, 0.1) is 48.0 Å². The second-order valence-corrected chi connectivity index (χ2v) is 8.06. The van der Waals surface area contributed by atoms with E-state index in [2.05, 4.69) is 0 Å². The van der Waals surface area contributed by atoms with Crippen LogP contribution < -0.4 is 4.90 Å². The summed E-state index contributed by atoms with van der Waals surface area (Å²) in [6, 6.07) is 4.60. The van der Waals surface area contributed by atoms with E-state index in [9.17, 15) is 28.2 Å². The zero-order valence-corrected chi connectivity index (χ0v) is 15.0. The first-order valence-corrected chi connectivity index (χ1v) is 9.24. The van der Waals surface area contributed by atoms with Crippen LogP contribution in [0.5, 0.6) is 0 Å². The number of nitriles is 1. The van der Waals surface area contributed by atoms with Gasteiger partial charge < -0.3 is 19.7 Å². The summed E-state index contributed by atoms with van der Waals surface area (Å²) >= 11 is 0. The molecule has 29 heavy (non-hydrogen) atoms. The summed E-state index contributed by atoms with van der Waals surface area (Å²) in [5, 5.41) is 29.5. The lowest BCUT2D eigenvalue weighted by Crippen LogP contribution is -2.54.